The van der Waals surface area contributed by atoms with E-state index in [1.165, 1.54) is 141 Å². The third-order valence-corrected chi connectivity index (χ3v) is 12.5. The van der Waals surface area contributed by atoms with Crippen LogP contribution < -0.4 is 0 Å². The number of esters is 3. The molecule has 0 aromatic heterocycles. The Morgan fingerprint density at radius 1 is 0.313 bits per heavy atom. The molecule has 0 bridgehead atoms. The second kappa shape index (κ2) is 55.7. The summed E-state index contributed by atoms with van der Waals surface area (Å²) in [5, 5.41) is 0. The molecular formula is C61H108O6. The van der Waals surface area contributed by atoms with Crippen LogP contribution >= 0.6 is 0 Å². The standard InChI is InChI=1S/C61H108O6/c1-4-7-10-13-16-19-22-24-26-28-29-30-31-33-34-36-39-42-45-48-51-54-60(63)66-57-58(56-65-59(62)53-50-47-44-41-38-21-18-15-12-9-6-3)67-61(64)55-52-49-46-43-40-37-35-32-27-25-23-20-17-14-11-8-5-2/h7,10,16,19,24,26,29-30,33-34,58H,4-6,8-9,11-15,17-18,20-23,25,27-28,31-32,35-57H2,1-3H3/b10-7-,19-16-,26-24-,30-29-,34-33-. The fourth-order valence-corrected chi connectivity index (χ4v) is 8.24. The average molecular weight is 938 g/mol. The smallest absolute Gasteiger partial charge is 0.306 e. The monoisotopic (exact) mass is 937 g/mol. The van der Waals surface area contributed by atoms with Gasteiger partial charge in [-0.05, 0) is 64.2 Å². The summed E-state index contributed by atoms with van der Waals surface area (Å²) in [6.07, 6.45) is 69.2. The van der Waals surface area contributed by atoms with Crippen LogP contribution in [-0.2, 0) is 28.6 Å². The van der Waals surface area contributed by atoms with Gasteiger partial charge in [-0.2, -0.15) is 0 Å². The van der Waals surface area contributed by atoms with E-state index in [-0.39, 0.29) is 31.1 Å². The highest BCUT2D eigenvalue weighted by molar-refractivity contribution is 5.71. The lowest BCUT2D eigenvalue weighted by Gasteiger charge is -2.18. The predicted molar refractivity (Wildman–Crippen MR) is 288 cm³/mol. The van der Waals surface area contributed by atoms with Crippen LogP contribution in [0.25, 0.3) is 0 Å². The van der Waals surface area contributed by atoms with E-state index in [2.05, 4.69) is 81.5 Å². The van der Waals surface area contributed by atoms with Crippen molar-refractivity contribution in [1.82, 2.24) is 0 Å². The van der Waals surface area contributed by atoms with E-state index < -0.39 is 6.10 Å². The molecule has 0 aromatic rings. The number of carbonyl (C=O) groups is 3. The quantitative estimate of drug-likeness (QED) is 0.0262. The van der Waals surface area contributed by atoms with Gasteiger partial charge < -0.3 is 14.2 Å². The van der Waals surface area contributed by atoms with Crippen LogP contribution in [-0.4, -0.2) is 37.2 Å². The molecule has 1 atom stereocenters. The van der Waals surface area contributed by atoms with E-state index in [4.69, 9.17) is 14.2 Å². The van der Waals surface area contributed by atoms with E-state index in [0.29, 0.717) is 19.3 Å². The minimum atomic E-state index is -0.778. The molecule has 67 heavy (non-hydrogen) atoms. The molecule has 6 heteroatoms. The van der Waals surface area contributed by atoms with Crippen molar-refractivity contribution in [3.05, 3.63) is 60.8 Å². The van der Waals surface area contributed by atoms with Gasteiger partial charge in [-0.1, -0.05) is 268 Å². The van der Waals surface area contributed by atoms with Crippen molar-refractivity contribution < 1.29 is 28.6 Å². The molecule has 0 aliphatic heterocycles. The molecule has 0 rings (SSSR count). The predicted octanol–water partition coefficient (Wildman–Crippen LogP) is 19.2. The lowest BCUT2D eigenvalue weighted by atomic mass is 10.0. The number of unbranched alkanes of at least 4 members (excludes halogenated alkanes) is 31. The zero-order chi connectivity index (χ0) is 48.6. The number of carbonyl (C=O) groups excluding carboxylic acids is 3. The average Bonchev–Trinajstić information content (AvgIpc) is 3.33. The molecule has 388 valence electrons. The maximum atomic E-state index is 12.8. The number of ether oxygens (including phenoxy) is 3. The summed E-state index contributed by atoms with van der Waals surface area (Å²) in [5.41, 5.74) is 0. The molecule has 0 N–H and O–H groups in total. The van der Waals surface area contributed by atoms with Crippen molar-refractivity contribution >= 4 is 17.9 Å². The van der Waals surface area contributed by atoms with Gasteiger partial charge in [0.1, 0.15) is 13.2 Å². The molecule has 0 aliphatic rings. The summed E-state index contributed by atoms with van der Waals surface area (Å²) < 4.78 is 16.8. The molecule has 0 aromatic carbocycles. The van der Waals surface area contributed by atoms with Crippen LogP contribution in [0.1, 0.15) is 290 Å². The van der Waals surface area contributed by atoms with Gasteiger partial charge in [-0.15, -0.1) is 0 Å². The molecule has 0 radical (unpaired) electrons. The maximum absolute atomic E-state index is 12.8. The molecule has 0 fully saturated rings. The Hall–Kier alpha value is -2.89. The summed E-state index contributed by atoms with van der Waals surface area (Å²) >= 11 is 0. The van der Waals surface area contributed by atoms with Crippen molar-refractivity contribution in [2.45, 2.75) is 297 Å². The van der Waals surface area contributed by atoms with Gasteiger partial charge >= 0.3 is 17.9 Å². The first-order chi connectivity index (χ1) is 33.0. The Labute approximate surface area is 415 Å². The largest absolute Gasteiger partial charge is 0.462 e. The van der Waals surface area contributed by atoms with Crippen molar-refractivity contribution in [3.63, 3.8) is 0 Å². The van der Waals surface area contributed by atoms with E-state index >= 15 is 0 Å². The third-order valence-electron chi connectivity index (χ3n) is 12.5. The van der Waals surface area contributed by atoms with Crippen LogP contribution in [0.15, 0.2) is 60.8 Å². The van der Waals surface area contributed by atoms with Gasteiger partial charge in [0.15, 0.2) is 6.10 Å². The first kappa shape index (κ1) is 64.1. The molecule has 0 spiro atoms. The molecule has 0 aliphatic carbocycles. The fraction of sp³-hybridized carbons (Fsp3) is 0.787. The Bertz CT molecular complexity index is 1210. The Kier molecular flexibility index (Phi) is 53.3. The molecule has 6 nitrogen and oxygen atoms in total. The van der Waals surface area contributed by atoms with Crippen LogP contribution in [0.5, 0.6) is 0 Å². The van der Waals surface area contributed by atoms with E-state index in [9.17, 15) is 14.4 Å². The highest BCUT2D eigenvalue weighted by Crippen LogP contribution is 2.16. The van der Waals surface area contributed by atoms with Crippen LogP contribution in [0.4, 0.5) is 0 Å². The maximum Gasteiger partial charge on any atom is 0.306 e. The first-order valence-corrected chi connectivity index (χ1v) is 28.8. The highest BCUT2D eigenvalue weighted by Gasteiger charge is 2.19. The summed E-state index contributed by atoms with van der Waals surface area (Å²) in [6, 6.07) is 0. The van der Waals surface area contributed by atoms with Crippen molar-refractivity contribution in [2.24, 2.45) is 0 Å². The second-order valence-corrected chi connectivity index (χ2v) is 19.2. The lowest BCUT2D eigenvalue weighted by molar-refractivity contribution is -0.167. The Morgan fingerprint density at radius 3 is 0.910 bits per heavy atom. The number of rotatable bonds is 52. The van der Waals surface area contributed by atoms with Gasteiger partial charge in [-0.25, -0.2) is 0 Å². The summed E-state index contributed by atoms with van der Waals surface area (Å²) in [4.78, 5) is 38.1. The third kappa shape index (κ3) is 53.9. The molecule has 0 saturated heterocycles. The molecule has 1 unspecified atom stereocenters. The fourth-order valence-electron chi connectivity index (χ4n) is 8.24. The van der Waals surface area contributed by atoms with Crippen LogP contribution in [0.3, 0.4) is 0 Å². The first-order valence-electron chi connectivity index (χ1n) is 28.8. The van der Waals surface area contributed by atoms with E-state index in [0.717, 1.165) is 109 Å². The van der Waals surface area contributed by atoms with Crippen molar-refractivity contribution in [3.8, 4) is 0 Å². The topological polar surface area (TPSA) is 78.9 Å². The van der Waals surface area contributed by atoms with E-state index in [1.54, 1.807) is 0 Å². The SMILES string of the molecule is CC/C=C\C/C=C\C/C=C\C/C=C\C/C=C\CCCCCCCC(=O)OCC(COC(=O)CCCCCCCCCCCCC)OC(=O)CCCCCCCCCCCCCCCCCCC. The number of hydrogen-bond acceptors (Lipinski definition) is 6. The van der Waals surface area contributed by atoms with E-state index in [1.807, 2.05) is 0 Å². The zero-order valence-electron chi connectivity index (χ0n) is 44.4. The minimum absolute atomic E-state index is 0.0766. The van der Waals surface area contributed by atoms with Crippen molar-refractivity contribution in [1.29, 1.82) is 0 Å². The second-order valence-electron chi connectivity index (χ2n) is 19.2. The number of hydrogen-bond donors (Lipinski definition) is 0. The van der Waals surface area contributed by atoms with Crippen LogP contribution in [0.2, 0.25) is 0 Å². The zero-order valence-corrected chi connectivity index (χ0v) is 44.4. The van der Waals surface area contributed by atoms with Gasteiger partial charge in [0.2, 0.25) is 0 Å². The van der Waals surface area contributed by atoms with Gasteiger partial charge in [0.25, 0.3) is 0 Å². The van der Waals surface area contributed by atoms with Gasteiger partial charge in [0.05, 0.1) is 0 Å². The van der Waals surface area contributed by atoms with Gasteiger partial charge in [-0.3, -0.25) is 14.4 Å². The Morgan fingerprint density at radius 2 is 0.582 bits per heavy atom. The Balaban J connectivity index is 4.34. The van der Waals surface area contributed by atoms with Crippen LogP contribution in [0, 0.1) is 0 Å². The summed E-state index contributed by atoms with van der Waals surface area (Å²) in [6.45, 7) is 6.53. The van der Waals surface area contributed by atoms with Crippen molar-refractivity contribution in [2.75, 3.05) is 13.2 Å². The van der Waals surface area contributed by atoms with Gasteiger partial charge in [0, 0.05) is 19.3 Å². The molecule has 0 saturated carbocycles. The lowest BCUT2D eigenvalue weighted by Crippen LogP contribution is -2.30. The minimum Gasteiger partial charge on any atom is -0.462 e. The summed E-state index contributed by atoms with van der Waals surface area (Å²) in [5.74, 6) is -0.883. The number of allylic oxidation sites excluding steroid dienone is 10. The summed E-state index contributed by atoms with van der Waals surface area (Å²) in [7, 11) is 0. The molecular weight excluding hydrogens is 829 g/mol. The molecule has 0 amide bonds. The normalized spacial score (nSPS) is 12.5. The molecule has 0 heterocycles. The highest BCUT2D eigenvalue weighted by atomic mass is 16.6.